The van der Waals surface area contributed by atoms with Crippen LogP contribution < -0.4 is 15.4 Å². The third-order valence-electron chi connectivity index (χ3n) is 4.85. The lowest BCUT2D eigenvalue weighted by atomic mass is 10.0. The maximum absolute atomic E-state index is 12.2. The Kier molecular flexibility index (Phi) is 4.49. The number of hydrogen-bond acceptors (Lipinski definition) is 5. The molecule has 0 saturated carbocycles. The second-order valence-electron chi connectivity index (χ2n) is 7.17. The van der Waals surface area contributed by atoms with Crippen molar-refractivity contribution < 1.29 is 9.53 Å². The first kappa shape index (κ1) is 16.8. The predicted molar refractivity (Wildman–Crippen MR) is 99.7 cm³/mol. The van der Waals surface area contributed by atoms with Gasteiger partial charge in [0.05, 0.1) is 6.61 Å². The SMILES string of the molecule is CC(C)c1nc(NCc2ccc3c(c2)CCCO3)c2c(n1)C(=O)NCC2. The van der Waals surface area contributed by atoms with E-state index in [-0.39, 0.29) is 11.8 Å². The highest BCUT2D eigenvalue weighted by atomic mass is 16.5. The van der Waals surface area contributed by atoms with Crippen molar-refractivity contribution in [2.45, 2.75) is 45.6 Å². The van der Waals surface area contributed by atoms with Gasteiger partial charge in [0.1, 0.15) is 23.1 Å². The predicted octanol–water partition coefficient (Wildman–Crippen LogP) is 2.82. The van der Waals surface area contributed by atoms with Gasteiger partial charge in [-0.25, -0.2) is 9.97 Å². The monoisotopic (exact) mass is 352 g/mol. The van der Waals surface area contributed by atoms with Gasteiger partial charge in [-0.3, -0.25) is 4.79 Å². The number of nitrogens with one attached hydrogen (secondary N) is 2. The number of nitrogens with zero attached hydrogens (tertiary/aromatic N) is 2. The van der Waals surface area contributed by atoms with Crippen LogP contribution in [0.15, 0.2) is 18.2 Å². The first-order valence-corrected chi connectivity index (χ1v) is 9.29. The van der Waals surface area contributed by atoms with Gasteiger partial charge < -0.3 is 15.4 Å². The molecule has 0 bridgehead atoms. The lowest BCUT2D eigenvalue weighted by molar-refractivity contribution is 0.0940. The van der Waals surface area contributed by atoms with Gasteiger partial charge in [0.15, 0.2) is 0 Å². The fraction of sp³-hybridized carbons (Fsp3) is 0.450. The Morgan fingerprint density at radius 1 is 1.27 bits per heavy atom. The van der Waals surface area contributed by atoms with Crippen LogP contribution in [0.1, 0.15) is 59.2 Å². The third kappa shape index (κ3) is 3.23. The van der Waals surface area contributed by atoms with E-state index in [1.165, 1.54) is 11.1 Å². The molecule has 0 radical (unpaired) electrons. The minimum atomic E-state index is -0.107. The van der Waals surface area contributed by atoms with Gasteiger partial charge in [0.2, 0.25) is 0 Å². The molecule has 0 aliphatic carbocycles. The van der Waals surface area contributed by atoms with Crippen molar-refractivity contribution >= 4 is 11.7 Å². The zero-order valence-electron chi connectivity index (χ0n) is 15.3. The van der Waals surface area contributed by atoms with E-state index in [1.807, 2.05) is 19.9 Å². The van der Waals surface area contributed by atoms with Gasteiger partial charge in [-0.1, -0.05) is 26.0 Å². The molecule has 0 atom stereocenters. The molecule has 2 aliphatic rings. The molecular formula is C20H24N4O2. The molecule has 0 fully saturated rings. The number of hydrogen-bond donors (Lipinski definition) is 2. The minimum absolute atomic E-state index is 0.107. The Bertz CT molecular complexity index is 848. The molecule has 4 rings (SSSR count). The van der Waals surface area contributed by atoms with E-state index >= 15 is 0 Å². The average Bonchev–Trinajstić information content (AvgIpc) is 2.66. The van der Waals surface area contributed by atoms with Crippen molar-refractivity contribution in [2.75, 3.05) is 18.5 Å². The van der Waals surface area contributed by atoms with Crippen molar-refractivity contribution in [3.05, 3.63) is 46.4 Å². The Hall–Kier alpha value is -2.63. The summed E-state index contributed by atoms with van der Waals surface area (Å²) < 4.78 is 5.68. The Morgan fingerprint density at radius 2 is 2.15 bits per heavy atom. The van der Waals surface area contributed by atoms with Crippen LogP contribution in [0.5, 0.6) is 5.75 Å². The van der Waals surface area contributed by atoms with Crippen molar-refractivity contribution in [1.82, 2.24) is 15.3 Å². The topological polar surface area (TPSA) is 76.1 Å². The van der Waals surface area contributed by atoms with Crippen molar-refractivity contribution in [3.63, 3.8) is 0 Å². The molecule has 26 heavy (non-hydrogen) atoms. The second kappa shape index (κ2) is 6.94. The van der Waals surface area contributed by atoms with Gasteiger partial charge in [-0.2, -0.15) is 0 Å². The fourth-order valence-electron chi connectivity index (χ4n) is 3.42. The number of carbonyl (C=O) groups excluding carboxylic acids is 1. The molecule has 6 heteroatoms. The van der Waals surface area contributed by atoms with Crippen molar-refractivity contribution in [1.29, 1.82) is 0 Å². The highest BCUT2D eigenvalue weighted by Crippen LogP contribution is 2.27. The number of fused-ring (bicyclic) bond motifs is 2. The summed E-state index contributed by atoms with van der Waals surface area (Å²) in [6.07, 6.45) is 2.87. The van der Waals surface area contributed by atoms with Gasteiger partial charge in [0.25, 0.3) is 5.91 Å². The summed E-state index contributed by atoms with van der Waals surface area (Å²) >= 11 is 0. The number of aryl methyl sites for hydroxylation is 1. The number of ether oxygens (including phenoxy) is 1. The molecule has 3 heterocycles. The summed E-state index contributed by atoms with van der Waals surface area (Å²) in [6, 6.07) is 6.33. The molecule has 2 aliphatic heterocycles. The molecule has 6 nitrogen and oxygen atoms in total. The number of aromatic nitrogens is 2. The smallest absolute Gasteiger partial charge is 0.270 e. The summed E-state index contributed by atoms with van der Waals surface area (Å²) in [5.41, 5.74) is 3.88. The van der Waals surface area contributed by atoms with Crippen molar-refractivity contribution in [2.24, 2.45) is 0 Å². The zero-order valence-corrected chi connectivity index (χ0v) is 15.3. The van der Waals surface area contributed by atoms with Crippen LogP contribution in [-0.4, -0.2) is 29.0 Å². The number of rotatable bonds is 4. The summed E-state index contributed by atoms with van der Waals surface area (Å²) in [7, 11) is 0. The molecule has 136 valence electrons. The van der Waals surface area contributed by atoms with E-state index in [9.17, 15) is 4.79 Å². The van der Waals surface area contributed by atoms with Crippen LogP contribution in [0.2, 0.25) is 0 Å². The summed E-state index contributed by atoms with van der Waals surface area (Å²) in [5, 5.41) is 6.31. The number of amides is 1. The highest BCUT2D eigenvalue weighted by molar-refractivity contribution is 5.96. The maximum Gasteiger partial charge on any atom is 0.270 e. The largest absolute Gasteiger partial charge is 0.493 e. The van der Waals surface area contributed by atoms with Crippen LogP contribution in [0.25, 0.3) is 0 Å². The molecule has 0 saturated heterocycles. The first-order chi connectivity index (χ1) is 12.6. The zero-order chi connectivity index (χ0) is 18.1. The van der Waals surface area contributed by atoms with E-state index in [0.29, 0.717) is 24.6 Å². The number of anilines is 1. The van der Waals surface area contributed by atoms with Crippen LogP contribution >= 0.6 is 0 Å². The van der Waals surface area contributed by atoms with Crippen LogP contribution in [0, 0.1) is 0 Å². The van der Waals surface area contributed by atoms with E-state index in [4.69, 9.17) is 9.72 Å². The molecule has 2 aromatic rings. The van der Waals surface area contributed by atoms with Gasteiger partial charge in [-0.15, -0.1) is 0 Å². The molecule has 0 spiro atoms. The van der Waals surface area contributed by atoms with Crippen LogP contribution in [0.3, 0.4) is 0 Å². The third-order valence-corrected chi connectivity index (χ3v) is 4.85. The van der Waals surface area contributed by atoms with Gasteiger partial charge in [0, 0.05) is 24.6 Å². The fourth-order valence-corrected chi connectivity index (χ4v) is 3.42. The standard InChI is InChI=1S/C20H24N4O2/c1-12(2)18-23-17-15(7-8-21-20(17)25)19(24-18)22-11-13-5-6-16-14(10-13)4-3-9-26-16/h5-6,10,12H,3-4,7-9,11H2,1-2H3,(H,21,25)(H,22,23,24). The van der Waals surface area contributed by atoms with Crippen molar-refractivity contribution in [3.8, 4) is 5.75 Å². The number of carbonyl (C=O) groups is 1. The molecule has 1 aromatic heterocycles. The lowest BCUT2D eigenvalue weighted by Gasteiger charge is -2.21. The van der Waals surface area contributed by atoms with E-state index in [0.717, 1.165) is 43.0 Å². The molecule has 2 N–H and O–H groups in total. The number of benzene rings is 1. The second-order valence-corrected chi connectivity index (χ2v) is 7.17. The first-order valence-electron chi connectivity index (χ1n) is 9.29. The normalized spacial score (nSPS) is 15.7. The Morgan fingerprint density at radius 3 is 3.00 bits per heavy atom. The van der Waals surface area contributed by atoms with Crippen LogP contribution in [0.4, 0.5) is 5.82 Å². The Balaban J connectivity index is 1.60. The molecule has 1 aromatic carbocycles. The lowest BCUT2D eigenvalue weighted by Crippen LogP contribution is -2.34. The van der Waals surface area contributed by atoms with E-state index in [2.05, 4.69) is 27.8 Å². The Labute approximate surface area is 153 Å². The summed E-state index contributed by atoms with van der Waals surface area (Å²) in [6.45, 7) is 6.17. The molecule has 0 unspecified atom stereocenters. The highest BCUT2D eigenvalue weighted by Gasteiger charge is 2.24. The summed E-state index contributed by atoms with van der Waals surface area (Å²) in [5.74, 6) is 2.53. The summed E-state index contributed by atoms with van der Waals surface area (Å²) in [4.78, 5) is 21.4. The molecule has 1 amide bonds. The van der Waals surface area contributed by atoms with E-state index in [1.54, 1.807) is 0 Å². The molecular weight excluding hydrogens is 328 g/mol. The minimum Gasteiger partial charge on any atom is -0.493 e. The van der Waals surface area contributed by atoms with Gasteiger partial charge in [-0.05, 0) is 36.5 Å². The van der Waals surface area contributed by atoms with Crippen LogP contribution in [-0.2, 0) is 19.4 Å². The average molecular weight is 352 g/mol. The van der Waals surface area contributed by atoms with E-state index < -0.39 is 0 Å². The van der Waals surface area contributed by atoms with Gasteiger partial charge >= 0.3 is 0 Å². The quantitative estimate of drug-likeness (QED) is 0.885. The maximum atomic E-state index is 12.2.